The van der Waals surface area contributed by atoms with Crippen molar-refractivity contribution in [1.82, 2.24) is 25.0 Å². The Morgan fingerprint density at radius 2 is 2.08 bits per heavy atom. The molecule has 7 heteroatoms. The zero-order valence-corrected chi connectivity index (χ0v) is 17.3. The topological polar surface area (TPSA) is 58.3 Å². The van der Waals surface area contributed by atoms with E-state index in [2.05, 4.69) is 38.8 Å². The summed E-state index contributed by atoms with van der Waals surface area (Å²) in [7, 11) is 0. The standard InChI is InChI=1S/C17H30N6.HI/c1-3-15-21-20-14-23(15)12-10-19-16(18-4-2)22-11-9-17(13-22)7-5-6-8-17;/h14H,3-13H2,1-2H3,(H,18,19);1H. The van der Waals surface area contributed by atoms with E-state index in [0.717, 1.165) is 44.4 Å². The van der Waals surface area contributed by atoms with Crippen LogP contribution < -0.4 is 5.32 Å². The minimum Gasteiger partial charge on any atom is -0.357 e. The summed E-state index contributed by atoms with van der Waals surface area (Å²) >= 11 is 0. The normalized spacial score (nSPS) is 19.8. The van der Waals surface area contributed by atoms with E-state index in [4.69, 9.17) is 4.99 Å². The third kappa shape index (κ3) is 4.40. The first kappa shape index (κ1) is 19.5. The summed E-state index contributed by atoms with van der Waals surface area (Å²) < 4.78 is 2.11. The molecule has 6 nitrogen and oxygen atoms in total. The number of nitrogens with one attached hydrogen (secondary N) is 1. The fraction of sp³-hybridized carbons (Fsp3) is 0.824. The summed E-state index contributed by atoms with van der Waals surface area (Å²) in [6.07, 6.45) is 9.70. The molecule has 1 saturated carbocycles. The van der Waals surface area contributed by atoms with Crippen LogP contribution in [0.3, 0.4) is 0 Å². The van der Waals surface area contributed by atoms with Crippen molar-refractivity contribution in [2.45, 2.75) is 58.9 Å². The van der Waals surface area contributed by atoms with Crippen molar-refractivity contribution in [2.24, 2.45) is 10.4 Å². The number of aryl methyl sites for hydroxylation is 1. The third-order valence-electron chi connectivity index (χ3n) is 5.35. The van der Waals surface area contributed by atoms with Gasteiger partial charge in [-0.25, -0.2) is 0 Å². The molecule has 2 aliphatic rings. The zero-order valence-electron chi connectivity index (χ0n) is 15.0. The van der Waals surface area contributed by atoms with Crippen molar-refractivity contribution in [3.05, 3.63) is 12.2 Å². The van der Waals surface area contributed by atoms with Crippen LogP contribution in [0.2, 0.25) is 0 Å². The summed E-state index contributed by atoms with van der Waals surface area (Å²) in [6, 6.07) is 0. The van der Waals surface area contributed by atoms with Gasteiger partial charge in [-0.1, -0.05) is 19.8 Å². The van der Waals surface area contributed by atoms with Crippen molar-refractivity contribution in [2.75, 3.05) is 26.2 Å². The molecule has 1 aromatic rings. The molecule has 0 atom stereocenters. The molecule has 0 radical (unpaired) electrons. The lowest BCUT2D eigenvalue weighted by Crippen LogP contribution is -2.41. The highest BCUT2D eigenvalue weighted by Gasteiger charge is 2.41. The quantitative estimate of drug-likeness (QED) is 0.430. The third-order valence-corrected chi connectivity index (χ3v) is 5.35. The van der Waals surface area contributed by atoms with Crippen molar-refractivity contribution in [3.63, 3.8) is 0 Å². The summed E-state index contributed by atoms with van der Waals surface area (Å²) in [5.41, 5.74) is 0.583. The predicted molar refractivity (Wildman–Crippen MR) is 108 cm³/mol. The lowest BCUT2D eigenvalue weighted by atomic mass is 9.86. The van der Waals surface area contributed by atoms with Crippen molar-refractivity contribution >= 4 is 29.9 Å². The van der Waals surface area contributed by atoms with Gasteiger partial charge in [0.1, 0.15) is 12.2 Å². The Hall–Kier alpha value is -0.860. The van der Waals surface area contributed by atoms with E-state index in [1.54, 1.807) is 0 Å². The molecule has 1 aromatic heterocycles. The van der Waals surface area contributed by atoms with Crippen LogP contribution in [-0.2, 0) is 13.0 Å². The Bertz CT molecular complexity index is 535. The zero-order chi connectivity index (χ0) is 16.1. The molecule has 1 saturated heterocycles. The number of nitrogens with zero attached hydrogens (tertiary/aromatic N) is 5. The van der Waals surface area contributed by atoms with Gasteiger partial charge in [-0.15, -0.1) is 34.2 Å². The molecule has 2 heterocycles. The first-order valence-electron chi connectivity index (χ1n) is 9.16. The van der Waals surface area contributed by atoms with Gasteiger partial charge in [-0.3, -0.25) is 4.99 Å². The van der Waals surface area contributed by atoms with Crippen LogP contribution in [0.4, 0.5) is 0 Å². The second kappa shape index (κ2) is 9.01. The number of hydrogen-bond acceptors (Lipinski definition) is 3. The SMILES string of the molecule is CCNC(=NCCn1cnnc1CC)N1CCC2(CCCC2)C1.I. The van der Waals surface area contributed by atoms with E-state index in [1.807, 2.05) is 6.33 Å². The highest BCUT2D eigenvalue weighted by Crippen LogP contribution is 2.45. The Kier molecular flexibility index (Phi) is 7.31. The van der Waals surface area contributed by atoms with Crippen molar-refractivity contribution in [3.8, 4) is 0 Å². The highest BCUT2D eigenvalue weighted by atomic mass is 127. The molecule has 136 valence electrons. The minimum absolute atomic E-state index is 0. The number of rotatable bonds is 5. The molecule has 1 aliphatic heterocycles. The average molecular weight is 446 g/mol. The molecule has 1 N–H and O–H groups in total. The molecule has 2 fully saturated rings. The van der Waals surface area contributed by atoms with Crippen LogP contribution in [0.15, 0.2) is 11.3 Å². The Morgan fingerprint density at radius 3 is 2.79 bits per heavy atom. The molecule has 0 unspecified atom stereocenters. The lowest BCUT2D eigenvalue weighted by Gasteiger charge is -2.26. The fourth-order valence-corrected chi connectivity index (χ4v) is 4.08. The summed E-state index contributed by atoms with van der Waals surface area (Å²) in [4.78, 5) is 7.33. The van der Waals surface area contributed by atoms with E-state index < -0.39 is 0 Å². The Balaban J connectivity index is 0.00000208. The Morgan fingerprint density at radius 1 is 1.29 bits per heavy atom. The maximum atomic E-state index is 4.86. The molecule has 0 amide bonds. The van der Waals surface area contributed by atoms with Gasteiger partial charge in [0, 0.05) is 32.6 Å². The van der Waals surface area contributed by atoms with Gasteiger partial charge in [0.25, 0.3) is 0 Å². The summed E-state index contributed by atoms with van der Waals surface area (Å²) in [6.45, 7) is 9.14. The molecule has 0 aromatic carbocycles. The Labute approximate surface area is 162 Å². The number of aromatic nitrogens is 3. The van der Waals surface area contributed by atoms with Crippen LogP contribution in [-0.4, -0.2) is 51.8 Å². The van der Waals surface area contributed by atoms with Crippen LogP contribution in [0.1, 0.15) is 51.8 Å². The summed E-state index contributed by atoms with van der Waals surface area (Å²) in [5, 5.41) is 11.6. The van der Waals surface area contributed by atoms with E-state index in [1.165, 1.54) is 38.6 Å². The van der Waals surface area contributed by atoms with Crippen LogP contribution in [0.5, 0.6) is 0 Å². The van der Waals surface area contributed by atoms with Crippen LogP contribution in [0.25, 0.3) is 0 Å². The van der Waals surface area contributed by atoms with E-state index in [0.29, 0.717) is 5.41 Å². The average Bonchev–Trinajstić information content (AvgIpc) is 3.29. The highest BCUT2D eigenvalue weighted by molar-refractivity contribution is 14.0. The number of guanidine groups is 1. The van der Waals surface area contributed by atoms with Gasteiger partial charge in [-0.2, -0.15) is 0 Å². The van der Waals surface area contributed by atoms with Gasteiger partial charge in [0.2, 0.25) is 0 Å². The van der Waals surface area contributed by atoms with Gasteiger partial charge < -0.3 is 14.8 Å². The summed E-state index contributed by atoms with van der Waals surface area (Å²) in [5.74, 6) is 2.12. The number of likely N-dealkylation sites (tertiary alicyclic amines) is 1. The first-order chi connectivity index (χ1) is 11.3. The second-order valence-electron chi connectivity index (χ2n) is 6.91. The van der Waals surface area contributed by atoms with E-state index in [-0.39, 0.29) is 24.0 Å². The van der Waals surface area contributed by atoms with Gasteiger partial charge in [0.15, 0.2) is 5.96 Å². The molecular formula is C17H31IN6. The smallest absolute Gasteiger partial charge is 0.193 e. The monoisotopic (exact) mass is 446 g/mol. The maximum Gasteiger partial charge on any atom is 0.193 e. The van der Waals surface area contributed by atoms with Crippen molar-refractivity contribution < 1.29 is 0 Å². The minimum atomic E-state index is 0. The molecule has 1 spiro atoms. The number of hydrogen-bond donors (Lipinski definition) is 1. The van der Waals surface area contributed by atoms with Gasteiger partial charge >= 0.3 is 0 Å². The molecule has 0 bridgehead atoms. The van der Waals surface area contributed by atoms with Crippen LogP contribution >= 0.6 is 24.0 Å². The predicted octanol–water partition coefficient (Wildman–Crippen LogP) is 2.69. The van der Waals surface area contributed by atoms with E-state index in [9.17, 15) is 0 Å². The number of halogens is 1. The molecule has 1 aliphatic carbocycles. The molecule has 24 heavy (non-hydrogen) atoms. The van der Waals surface area contributed by atoms with E-state index >= 15 is 0 Å². The lowest BCUT2D eigenvalue weighted by molar-refractivity contribution is 0.309. The first-order valence-corrected chi connectivity index (χ1v) is 9.16. The van der Waals surface area contributed by atoms with Gasteiger partial charge in [0.05, 0.1) is 6.54 Å². The maximum absolute atomic E-state index is 4.86. The molecule has 3 rings (SSSR count). The van der Waals surface area contributed by atoms with Gasteiger partial charge in [-0.05, 0) is 31.6 Å². The van der Waals surface area contributed by atoms with Crippen LogP contribution in [0, 0.1) is 5.41 Å². The largest absolute Gasteiger partial charge is 0.357 e. The second-order valence-corrected chi connectivity index (χ2v) is 6.91. The fourth-order valence-electron chi connectivity index (χ4n) is 4.08. The molecular weight excluding hydrogens is 415 g/mol. The number of aliphatic imine (C=N–C) groups is 1. The van der Waals surface area contributed by atoms with Crippen molar-refractivity contribution in [1.29, 1.82) is 0 Å².